The Kier molecular flexibility index (Phi) is 4.28. The van der Waals surface area contributed by atoms with E-state index >= 15 is 0 Å². The van der Waals surface area contributed by atoms with Gasteiger partial charge in [0.15, 0.2) is 5.82 Å². The van der Waals surface area contributed by atoms with E-state index in [-0.39, 0.29) is 0 Å². The van der Waals surface area contributed by atoms with Gasteiger partial charge >= 0.3 is 0 Å². The molecule has 110 valence electrons. The van der Waals surface area contributed by atoms with Crippen molar-refractivity contribution in [1.82, 2.24) is 19.8 Å². The molecule has 2 N–H and O–H groups in total. The third-order valence-corrected chi connectivity index (χ3v) is 4.82. The van der Waals surface area contributed by atoms with Crippen LogP contribution in [0.5, 0.6) is 0 Å². The molecule has 1 aliphatic rings. The van der Waals surface area contributed by atoms with Gasteiger partial charge in [0, 0.05) is 18.9 Å². The highest BCUT2D eigenvalue weighted by molar-refractivity contribution is 7.16. The van der Waals surface area contributed by atoms with E-state index in [1.54, 1.807) is 11.3 Å². The Morgan fingerprint density at radius 2 is 2.35 bits per heavy atom. The lowest BCUT2D eigenvalue weighted by Crippen LogP contribution is -2.07. The minimum atomic E-state index is 0.344. The number of aromatic nitrogens is 4. The molecule has 2 aromatic heterocycles. The zero-order valence-electron chi connectivity index (χ0n) is 11.8. The highest BCUT2D eigenvalue weighted by Gasteiger charge is 2.24. The number of hydrogen-bond donors (Lipinski definition) is 1. The molecule has 1 saturated heterocycles. The Bertz CT molecular complexity index is 560. The van der Waals surface area contributed by atoms with Gasteiger partial charge in [-0.05, 0) is 31.7 Å². The lowest BCUT2D eigenvalue weighted by Gasteiger charge is -2.07. The van der Waals surface area contributed by atoms with E-state index in [0.29, 0.717) is 11.8 Å². The molecule has 6 nitrogen and oxygen atoms in total. The van der Waals surface area contributed by atoms with Crippen molar-refractivity contribution >= 4 is 16.3 Å². The molecule has 1 fully saturated rings. The molecule has 1 aliphatic heterocycles. The summed E-state index contributed by atoms with van der Waals surface area (Å²) in [5.74, 6) is 1.95. The van der Waals surface area contributed by atoms with Crippen LogP contribution in [0.15, 0.2) is 0 Å². The molecular formula is C13H21N5OS. The third-order valence-electron chi connectivity index (χ3n) is 3.86. The lowest BCUT2D eigenvalue weighted by molar-refractivity contribution is 0.193. The molecule has 0 amide bonds. The van der Waals surface area contributed by atoms with Crippen molar-refractivity contribution in [1.29, 1.82) is 0 Å². The summed E-state index contributed by atoms with van der Waals surface area (Å²) in [5, 5.41) is 14.3. The summed E-state index contributed by atoms with van der Waals surface area (Å²) in [4.78, 5) is 0.897. The third kappa shape index (κ3) is 2.84. The molecule has 0 radical (unpaired) electrons. The predicted octanol–water partition coefficient (Wildman–Crippen LogP) is 1.61. The molecule has 2 aromatic rings. The first-order valence-electron chi connectivity index (χ1n) is 7.26. The van der Waals surface area contributed by atoms with E-state index in [9.17, 15) is 0 Å². The fourth-order valence-electron chi connectivity index (χ4n) is 2.56. The van der Waals surface area contributed by atoms with Crippen molar-refractivity contribution in [2.75, 3.05) is 19.8 Å². The lowest BCUT2D eigenvalue weighted by atomic mass is 10.0. The molecule has 2 unspecified atom stereocenters. The summed E-state index contributed by atoms with van der Waals surface area (Å²) in [7, 11) is 0. The highest BCUT2D eigenvalue weighted by Crippen LogP contribution is 2.26. The van der Waals surface area contributed by atoms with Gasteiger partial charge < -0.3 is 10.5 Å². The first-order valence-corrected chi connectivity index (χ1v) is 8.08. The summed E-state index contributed by atoms with van der Waals surface area (Å²) < 4.78 is 7.33. The quantitative estimate of drug-likeness (QED) is 0.876. The normalized spacial score (nSPS) is 20.8. The molecule has 20 heavy (non-hydrogen) atoms. The average Bonchev–Trinajstić information content (AvgIpc) is 3.12. The molecule has 0 saturated carbocycles. The predicted molar refractivity (Wildman–Crippen MR) is 78.0 cm³/mol. The maximum Gasteiger partial charge on any atom is 0.234 e. The van der Waals surface area contributed by atoms with Crippen LogP contribution in [-0.4, -0.2) is 39.6 Å². The zero-order chi connectivity index (χ0) is 13.9. The van der Waals surface area contributed by atoms with Crippen molar-refractivity contribution in [3.63, 3.8) is 0 Å². The van der Waals surface area contributed by atoms with Crippen molar-refractivity contribution in [3.8, 4) is 0 Å². The van der Waals surface area contributed by atoms with Crippen LogP contribution in [0.1, 0.15) is 42.9 Å². The van der Waals surface area contributed by atoms with Crippen LogP contribution in [0.25, 0.3) is 4.96 Å². The van der Waals surface area contributed by atoms with Crippen LogP contribution in [0.4, 0.5) is 0 Å². The average molecular weight is 295 g/mol. The number of rotatable bonds is 6. The van der Waals surface area contributed by atoms with Gasteiger partial charge in [0.2, 0.25) is 4.96 Å². The van der Waals surface area contributed by atoms with Gasteiger partial charge in [0.1, 0.15) is 5.01 Å². The molecule has 0 spiro atoms. The first-order chi connectivity index (χ1) is 9.78. The van der Waals surface area contributed by atoms with Crippen molar-refractivity contribution in [2.45, 2.75) is 38.5 Å². The van der Waals surface area contributed by atoms with Crippen LogP contribution >= 0.6 is 11.3 Å². The number of aryl methyl sites for hydroxylation is 1. The Labute approximate surface area is 122 Å². The van der Waals surface area contributed by atoms with Gasteiger partial charge in [-0.15, -0.1) is 10.2 Å². The minimum absolute atomic E-state index is 0.344. The molecule has 2 atom stereocenters. The highest BCUT2D eigenvalue weighted by atomic mass is 32.1. The van der Waals surface area contributed by atoms with Crippen LogP contribution in [0, 0.1) is 5.92 Å². The van der Waals surface area contributed by atoms with Gasteiger partial charge in [-0.25, -0.2) is 0 Å². The summed E-state index contributed by atoms with van der Waals surface area (Å²) in [6, 6.07) is 0. The summed E-state index contributed by atoms with van der Waals surface area (Å²) in [5.41, 5.74) is 5.59. The monoisotopic (exact) mass is 295 g/mol. The Morgan fingerprint density at radius 3 is 3.10 bits per heavy atom. The van der Waals surface area contributed by atoms with E-state index < -0.39 is 0 Å². The topological polar surface area (TPSA) is 78.3 Å². The largest absolute Gasteiger partial charge is 0.381 e. The number of fused-ring (bicyclic) bond motifs is 1. The summed E-state index contributed by atoms with van der Waals surface area (Å²) in [6.07, 6.45) is 4.22. The molecule has 0 aliphatic carbocycles. The molecule has 0 aromatic carbocycles. The van der Waals surface area contributed by atoms with Gasteiger partial charge in [0.25, 0.3) is 0 Å². The van der Waals surface area contributed by atoms with Gasteiger partial charge in [-0.3, -0.25) is 0 Å². The smallest absolute Gasteiger partial charge is 0.234 e. The Hall–Kier alpha value is -1.05. The maximum atomic E-state index is 5.59. The standard InChI is InChI=1S/C13H21N5OS/c1-9(4-6-14)2-3-11-17-18-12(10-5-7-19-8-10)15-16-13(18)20-11/h9-10H,2-8,14H2,1H3. The van der Waals surface area contributed by atoms with Crippen LogP contribution in [-0.2, 0) is 11.2 Å². The van der Waals surface area contributed by atoms with Crippen molar-refractivity contribution in [2.24, 2.45) is 11.7 Å². The van der Waals surface area contributed by atoms with Crippen LogP contribution in [0.2, 0.25) is 0 Å². The van der Waals surface area contributed by atoms with Crippen molar-refractivity contribution in [3.05, 3.63) is 10.8 Å². The van der Waals surface area contributed by atoms with Gasteiger partial charge in [-0.1, -0.05) is 18.3 Å². The fourth-order valence-corrected chi connectivity index (χ4v) is 3.42. The molecule has 3 rings (SSSR count). The van der Waals surface area contributed by atoms with E-state index in [1.807, 2.05) is 4.52 Å². The maximum absolute atomic E-state index is 5.59. The Morgan fingerprint density at radius 1 is 1.45 bits per heavy atom. The molecular weight excluding hydrogens is 274 g/mol. The fraction of sp³-hybridized carbons (Fsp3) is 0.769. The number of nitrogens with zero attached hydrogens (tertiary/aromatic N) is 4. The van der Waals surface area contributed by atoms with E-state index in [4.69, 9.17) is 10.5 Å². The number of ether oxygens (including phenoxy) is 1. The SMILES string of the molecule is CC(CCN)CCc1nn2c(C3CCOC3)nnc2s1. The number of nitrogens with two attached hydrogens (primary N) is 1. The van der Waals surface area contributed by atoms with Gasteiger partial charge in [0.05, 0.1) is 6.61 Å². The minimum Gasteiger partial charge on any atom is -0.381 e. The molecule has 0 bridgehead atoms. The van der Waals surface area contributed by atoms with E-state index in [1.165, 1.54) is 0 Å². The number of hydrogen-bond acceptors (Lipinski definition) is 6. The van der Waals surface area contributed by atoms with Gasteiger partial charge in [-0.2, -0.15) is 9.61 Å². The zero-order valence-corrected chi connectivity index (χ0v) is 12.6. The summed E-state index contributed by atoms with van der Waals surface area (Å²) >= 11 is 1.64. The Balaban J connectivity index is 1.71. The second-order valence-corrected chi connectivity index (χ2v) is 6.57. The van der Waals surface area contributed by atoms with Crippen molar-refractivity contribution < 1.29 is 4.74 Å². The second-order valence-electron chi connectivity index (χ2n) is 5.53. The molecule has 3 heterocycles. The van der Waals surface area contributed by atoms with E-state index in [0.717, 1.165) is 61.2 Å². The van der Waals surface area contributed by atoms with Crippen LogP contribution < -0.4 is 5.73 Å². The summed E-state index contributed by atoms with van der Waals surface area (Å²) in [6.45, 7) is 4.56. The first kappa shape index (κ1) is 13.9. The van der Waals surface area contributed by atoms with Crippen LogP contribution in [0.3, 0.4) is 0 Å². The molecule has 7 heteroatoms. The van der Waals surface area contributed by atoms with E-state index in [2.05, 4.69) is 22.2 Å². The second kappa shape index (κ2) is 6.15.